The van der Waals surface area contributed by atoms with Gasteiger partial charge in [-0.05, 0) is 68.2 Å². The average Bonchev–Trinajstić information content (AvgIpc) is 3.41. The third-order valence-corrected chi connectivity index (χ3v) is 5.66. The molecule has 2 fully saturated rings. The molecular weight excluding hydrogens is 390 g/mol. The van der Waals surface area contributed by atoms with Gasteiger partial charge in [0.15, 0.2) is 0 Å². The minimum Gasteiger partial charge on any atom is -0.352 e. The maximum absolute atomic E-state index is 12.9. The summed E-state index contributed by atoms with van der Waals surface area (Å²) in [5.74, 6) is -0.435. The Bertz CT molecular complexity index is 769. The number of carbonyl (C=O) groups is 2. The second-order valence-electron chi connectivity index (χ2n) is 8.15. The summed E-state index contributed by atoms with van der Waals surface area (Å²) in [4.78, 5) is 24.3. The SMILES string of the molecule is NC1(C(=O)N[C@H]2CC[C@@H](CC(=O)Nc3cc(CF)cc(C(F)(F)F)c3)CC2)CC1. The van der Waals surface area contributed by atoms with Crippen LogP contribution in [0, 0.1) is 5.92 Å². The van der Waals surface area contributed by atoms with Crippen LogP contribution in [-0.2, 0) is 22.4 Å². The molecule has 2 aliphatic carbocycles. The fraction of sp³-hybridized carbons (Fsp3) is 0.600. The highest BCUT2D eigenvalue weighted by Gasteiger charge is 2.46. The van der Waals surface area contributed by atoms with Crippen LogP contribution >= 0.6 is 0 Å². The van der Waals surface area contributed by atoms with Crippen LogP contribution in [0.5, 0.6) is 0 Å². The van der Waals surface area contributed by atoms with E-state index in [-0.39, 0.29) is 35.5 Å². The largest absolute Gasteiger partial charge is 0.416 e. The van der Waals surface area contributed by atoms with Gasteiger partial charge in [0, 0.05) is 18.2 Å². The van der Waals surface area contributed by atoms with Crippen molar-refractivity contribution in [1.29, 1.82) is 0 Å². The lowest BCUT2D eigenvalue weighted by Gasteiger charge is -2.29. The maximum Gasteiger partial charge on any atom is 0.416 e. The number of alkyl halides is 4. The molecule has 0 spiro atoms. The number of benzene rings is 1. The molecule has 5 nitrogen and oxygen atoms in total. The number of nitrogens with one attached hydrogen (secondary N) is 2. The van der Waals surface area contributed by atoms with Gasteiger partial charge < -0.3 is 16.4 Å². The zero-order chi connectivity index (χ0) is 21.2. The summed E-state index contributed by atoms with van der Waals surface area (Å²) < 4.78 is 51.6. The summed E-state index contributed by atoms with van der Waals surface area (Å²) >= 11 is 0. The monoisotopic (exact) mass is 415 g/mol. The Morgan fingerprint density at radius 3 is 2.31 bits per heavy atom. The first kappa shape index (κ1) is 21.5. The number of hydrogen-bond acceptors (Lipinski definition) is 3. The van der Waals surface area contributed by atoms with Crippen LogP contribution in [0.1, 0.15) is 56.1 Å². The van der Waals surface area contributed by atoms with Crippen LogP contribution < -0.4 is 16.4 Å². The topological polar surface area (TPSA) is 84.2 Å². The predicted molar refractivity (Wildman–Crippen MR) is 99.5 cm³/mol. The van der Waals surface area contributed by atoms with E-state index in [1.165, 1.54) is 6.07 Å². The first-order valence-corrected chi connectivity index (χ1v) is 9.76. The van der Waals surface area contributed by atoms with Gasteiger partial charge in [-0.25, -0.2) is 4.39 Å². The molecule has 2 saturated carbocycles. The normalized spacial score (nSPS) is 23.3. The first-order chi connectivity index (χ1) is 13.6. The van der Waals surface area contributed by atoms with Crippen LogP contribution in [0.25, 0.3) is 0 Å². The lowest BCUT2D eigenvalue weighted by atomic mass is 9.84. The van der Waals surface area contributed by atoms with E-state index < -0.39 is 29.9 Å². The second kappa shape index (κ2) is 8.30. The van der Waals surface area contributed by atoms with Gasteiger partial charge in [-0.1, -0.05) is 0 Å². The minimum absolute atomic E-state index is 0.0402. The molecular formula is C20H25F4N3O2. The summed E-state index contributed by atoms with van der Waals surface area (Å²) in [6, 6.07) is 2.79. The van der Waals surface area contributed by atoms with Gasteiger partial charge >= 0.3 is 6.18 Å². The molecule has 0 atom stereocenters. The van der Waals surface area contributed by atoms with Gasteiger partial charge in [0.25, 0.3) is 0 Å². The molecule has 0 aromatic heterocycles. The van der Waals surface area contributed by atoms with Crippen molar-refractivity contribution in [3.8, 4) is 0 Å². The van der Waals surface area contributed by atoms with Gasteiger partial charge in [-0.15, -0.1) is 0 Å². The van der Waals surface area contributed by atoms with Gasteiger partial charge in [-0.2, -0.15) is 13.2 Å². The lowest BCUT2D eigenvalue weighted by Crippen LogP contribution is -2.48. The quantitative estimate of drug-likeness (QED) is 0.620. The maximum atomic E-state index is 12.9. The Morgan fingerprint density at radius 2 is 1.76 bits per heavy atom. The molecule has 0 heterocycles. The molecule has 160 valence electrons. The van der Waals surface area contributed by atoms with Gasteiger partial charge in [-0.3, -0.25) is 9.59 Å². The molecule has 0 unspecified atom stereocenters. The molecule has 0 radical (unpaired) electrons. The van der Waals surface area contributed by atoms with Gasteiger partial charge in [0.2, 0.25) is 11.8 Å². The van der Waals surface area contributed by atoms with Crippen LogP contribution in [0.3, 0.4) is 0 Å². The fourth-order valence-corrected chi connectivity index (χ4v) is 3.68. The smallest absolute Gasteiger partial charge is 0.352 e. The molecule has 0 bridgehead atoms. The van der Waals surface area contributed by atoms with Crippen molar-refractivity contribution in [3.63, 3.8) is 0 Å². The fourth-order valence-electron chi connectivity index (χ4n) is 3.68. The Labute approximate surface area is 166 Å². The number of amides is 2. The predicted octanol–water partition coefficient (Wildman–Crippen LogP) is 3.67. The number of rotatable bonds is 6. The molecule has 0 aliphatic heterocycles. The van der Waals surface area contributed by atoms with Crippen molar-refractivity contribution in [2.45, 2.75) is 69.4 Å². The van der Waals surface area contributed by atoms with E-state index in [0.717, 1.165) is 37.8 Å². The molecule has 9 heteroatoms. The van der Waals surface area contributed by atoms with Crippen molar-refractivity contribution in [3.05, 3.63) is 29.3 Å². The van der Waals surface area contributed by atoms with E-state index in [1.807, 2.05) is 0 Å². The summed E-state index contributed by atoms with van der Waals surface area (Å²) in [6.07, 6.45) is -0.117. The van der Waals surface area contributed by atoms with E-state index in [0.29, 0.717) is 12.8 Å². The molecule has 4 N–H and O–H groups in total. The Balaban J connectivity index is 1.49. The lowest BCUT2D eigenvalue weighted by molar-refractivity contribution is -0.137. The Kier molecular flexibility index (Phi) is 6.16. The molecule has 1 aromatic carbocycles. The number of carbonyl (C=O) groups excluding carboxylic acids is 2. The van der Waals surface area contributed by atoms with Crippen molar-refractivity contribution in [1.82, 2.24) is 5.32 Å². The number of hydrogen-bond donors (Lipinski definition) is 3. The van der Waals surface area contributed by atoms with Gasteiger partial charge in [0.05, 0.1) is 11.1 Å². The summed E-state index contributed by atoms with van der Waals surface area (Å²) in [6.45, 7) is -1.05. The van der Waals surface area contributed by atoms with Crippen molar-refractivity contribution in [2.24, 2.45) is 11.7 Å². The summed E-state index contributed by atoms with van der Waals surface area (Å²) in [5.41, 5.74) is 3.97. The number of nitrogens with two attached hydrogens (primary N) is 1. The van der Waals surface area contributed by atoms with Crippen molar-refractivity contribution < 1.29 is 27.2 Å². The molecule has 2 aliphatic rings. The van der Waals surface area contributed by atoms with E-state index in [2.05, 4.69) is 10.6 Å². The third-order valence-electron chi connectivity index (χ3n) is 5.66. The minimum atomic E-state index is -4.62. The summed E-state index contributed by atoms with van der Waals surface area (Å²) in [5, 5.41) is 5.42. The van der Waals surface area contributed by atoms with Crippen LogP contribution in [-0.4, -0.2) is 23.4 Å². The highest BCUT2D eigenvalue weighted by molar-refractivity contribution is 5.91. The molecule has 3 rings (SSSR count). The molecule has 1 aromatic rings. The van der Waals surface area contributed by atoms with E-state index in [1.54, 1.807) is 0 Å². The van der Waals surface area contributed by atoms with E-state index in [9.17, 15) is 27.2 Å². The molecule has 29 heavy (non-hydrogen) atoms. The van der Waals surface area contributed by atoms with Crippen LogP contribution in [0.15, 0.2) is 18.2 Å². The number of anilines is 1. The van der Waals surface area contributed by atoms with Crippen LogP contribution in [0.2, 0.25) is 0 Å². The Morgan fingerprint density at radius 1 is 1.10 bits per heavy atom. The molecule has 2 amide bonds. The molecule has 0 saturated heterocycles. The highest BCUT2D eigenvalue weighted by atomic mass is 19.4. The van der Waals surface area contributed by atoms with Gasteiger partial charge in [0.1, 0.15) is 6.67 Å². The highest BCUT2D eigenvalue weighted by Crippen LogP contribution is 2.34. The zero-order valence-corrected chi connectivity index (χ0v) is 15.9. The van der Waals surface area contributed by atoms with E-state index >= 15 is 0 Å². The number of halogens is 4. The van der Waals surface area contributed by atoms with Crippen LogP contribution in [0.4, 0.5) is 23.2 Å². The first-order valence-electron chi connectivity index (χ1n) is 9.76. The second-order valence-corrected chi connectivity index (χ2v) is 8.15. The average molecular weight is 415 g/mol. The standard InChI is InChI=1S/C20H25F4N3O2/c21-11-13-7-14(20(22,23)24)10-16(8-13)26-17(28)9-12-1-3-15(4-2-12)27-18(29)19(25)5-6-19/h7-8,10,12,15H,1-6,9,11,25H2,(H,26,28)(H,27,29)/t12-,15+. The van der Waals surface area contributed by atoms with Crippen molar-refractivity contribution >= 4 is 17.5 Å². The summed E-state index contributed by atoms with van der Waals surface area (Å²) in [7, 11) is 0. The van der Waals surface area contributed by atoms with Crippen molar-refractivity contribution in [2.75, 3.05) is 5.32 Å². The zero-order valence-electron chi connectivity index (χ0n) is 15.9. The van der Waals surface area contributed by atoms with E-state index in [4.69, 9.17) is 5.73 Å². The third kappa shape index (κ3) is 5.68. The Hall–Kier alpha value is -2.16.